The predicted octanol–water partition coefficient (Wildman–Crippen LogP) is 4.81. The first-order valence-corrected chi connectivity index (χ1v) is 9.26. The molecule has 0 heterocycles. The second kappa shape index (κ2) is 5.59. The molecule has 0 aromatic heterocycles. The van der Waals surface area contributed by atoms with Crippen LogP contribution in [0, 0.1) is 23.7 Å². The van der Waals surface area contributed by atoms with Gasteiger partial charge < -0.3 is 4.74 Å². The van der Waals surface area contributed by atoms with E-state index in [0.29, 0.717) is 23.7 Å². The van der Waals surface area contributed by atoms with Crippen LogP contribution < -0.4 is 0 Å². The Kier molecular flexibility index (Phi) is 3.34. The second-order valence-corrected chi connectivity index (χ2v) is 7.64. The first-order chi connectivity index (χ1) is 12.2. The van der Waals surface area contributed by atoms with Crippen LogP contribution in [0.15, 0.2) is 60.7 Å². The molecule has 25 heavy (non-hydrogen) atoms. The van der Waals surface area contributed by atoms with Crippen molar-refractivity contribution < 1.29 is 9.53 Å². The molecule has 0 aliphatic heterocycles. The SMILES string of the molecule is CC(=O)O[C@H]1C[C@@H]2[C@@H]3CC1[C@@H]2C(c1ccccc1)=C3c1ccccc1. The number of rotatable bonds is 3. The van der Waals surface area contributed by atoms with Gasteiger partial charge >= 0.3 is 5.97 Å². The highest BCUT2D eigenvalue weighted by molar-refractivity contribution is 5.97. The van der Waals surface area contributed by atoms with Crippen molar-refractivity contribution in [2.45, 2.75) is 25.9 Å². The Bertz CT molecular complexity index is 837. The Morgan fingerprint density at radius 2 is 1.44 bits per heavy atom. The van der Waals surface area contributed by atoms with E-state index in [-0.39, 0.29) is 12.1 Å². The summed E-state index contributed by atoms with van der Waals surface area (Å²) in [5.41, 5.74) is 5.75. The summed E-state index contributed by atoms with van der Waals surface area (Å²) in [4.78, 5) is 11.5. The van der Waals surface area contributed by atoms with Crippen LogP contribution in [0.25, 0.3) is 11.1 Å². The summed E-state index contributed by atoms with van der Waals surface area (Å²) in [6.07, 6.45) is 2.29. The third kappa shape index (κ3) is 2.20. The van der Waals surface area contributed by atoms with Gasteiger partial charge in [-0.1, -0.05) is 60.7 Å². The minimum Gasteiger partial charge on any atom is -0.462 e. The standard InChI is InChI=1S/C23H22O2/c1-14(24)25-20-13-18-17-12-19(20)23(18)22(16-10-6-3-7-11-16)21(17)15-8-4-2-5-9-15/h2-11,17-20,23H,12-13H2,1H3/t17-,18+,19?,20-,23+/m0/s1. The monoisotopic (exact) mass is 330 g/mol. The number of benzene rings is 2. The summed E-state index contributed by atoms with van der Waals surface area (Å²) >= 11 is 0. The smallest absolute Gasteiger partial charge is 0.302 e. The first-order valence-electron chi connectivity index (χ1n) is 9.26. The summed E-state index contributed by atoms with van der Waals surface area (Å²) in [5, 5.41) is 0. The lowest BCUT2D eigenvalue weighted by Crippen LogP contribution is -2.29. The lowest BCUT2D eigenvalue weighted by atomic mass is 9.76. The van der Waals surface area contributed by atoms with E-state index in [1.807, 2.05) is 0 Å². The fourth-order valence-electron chi connectivity index (χ4n) is 5.76. The largest absolute Gasteiger partial charge is 0.462 e. The van der Waals surface area contributed by atoms with Gasteiger partial charge in [0.05, 0.1) is 0 Å². The lowest BCUT2D eigenvalue weighted by Gasteiger charge is -2.32. The molecule has 0 saturated heterocycles. The summed E-state index contributed by atoms with van der Waals surface area (Å²) in [7, 11) is 0. The summed E-state index contributed by atoms with van der Waals surface area (Å²) in [6.45, 7) is 1.54. The number of carbonyl (C=O) groups is 1. The molecule has 4 bridgehead atoms. The van der Waals surface area contributed by atoms with Crippen molar-refractivity contribution >= 4 is 17.1 Å². The topological polar surface area (TPSA) is 26.3 Å². The third-order valence-electron chi connectivity index (χ3n) is 6.43. The quantitative estimate of drug-likeness (QED) is 0.755. The number of carbonyl (C=O) groups excluding carboxylic acids is 1. The van der Waals surface area contributed by atoms with Crippen LogP contribution in [0.1, 0.15) is 30.9 Å². The normalized spacial score (nSPS) is 32.3. The molecule has 126 valence electrons. The Labute approximate surface area is 148 Å². The summed E-state index contributed by atoms with van der Waals surface area (Å²) in [6, 6.07) is 21.7. The number of esters is 1. The van der Waals surface area contributed by atoms with Crippen molar-refractivity contribution in [1.29, 1.82) is 0 Å². The number of allylic oxidation sites excluding steroid dienone is 2. The average molecular weight is 330 g/mol. The van der Waals surface area contributed by atoms with Gasteiger partial charge in [0.2, 0.25) is 0 Å². The fraction of sp³-hybridized carbons (Fsp3) is 0.348. The maximum absolute atomic E-state index is 11.5. The van der Waals surface area contributed by atoms with Crippen LogP contribution in [-0.4, -0.2) is 12.1 Å². The molecule has 0 radical (unpaired) electrons. The van der Waals surface area contributed by atoms with Crippen LogP contribution in [0.3, 0.4) is 0 Å². The molecule has 2 heteroatoms. The molecule has 5 atom stereocenters. The van der Waals surface area contributed by atoms with Crippen LogP contribution in [0.5, 0.6) is 0 Å². The van der Waals surface area contributed by atoms with Gasteiger partial charge in [0.15, 0.2) is 0 Å². The van der Waals surface area contributed by atoms with Crippen molar-refractivity contribution in [2.75, 3.05) is 0 Å². The van der Waals surface area contributed by atoms with Gasteiger partial charge in [-0.3, -0.25) is 4.79 Å². The molecule has 2 aromatic carbocycles. The van der Waals surface area contributed by atoms with Gasteiger partial charge in [-0.05, 0) is 52.9 Å². The van der Waals surface area contributed by atoms with Crippen molar-refractivity contribution in [3.05, 3.63) is 71.8 Å². The first kappa shape index (κ1) is 14.9. The molecule has 5 rings (SSSR count). The van der Waals surface area contributed by atoms with Gasteiger partial charge in [0, 0.05) is 12.8 Å². The summed E-state index contributed by atoms with van der Waals surface area (Å²) in [5.74, 6) is 2.12. The van der Waals surface area contributed by atoms with Gasteiger partial charge in [0.25, 0.3) is 0 Å². The highest BCUT2D eigenvalue weighted by Crippen LogP contribution is 2.68. The second-order valence-electron chi connectivity index (χ2n) is 7.64. The molecule has 0 spiro atoms. The van der Waals surface area contributed by atoms with E-state index in [0.717, 1.165) is 12.8 Å². The van der Waals surface area contributed by atoms with Crippen LogP contribution in [0.2, 0.25) is 0 Å². The van der Waals surface area contributed by atoms with E-state index in [9.17, 15) is 4.79 Å². The van der Waals surface area contributed by atoms with E-state index in [4.69, 9.17) is 4.74 Å². The van der Waals surface area contributed by atoms with Crippen molar-refractivity contribution in [3.8, 4) is 0 Å². The molecule has 3 aliphatic rings. The molecule has 1 unspecified atom stereocenters. The highest BCUT2D eigenvalue weighted by Gasteiger charge is 2.61. The lowest BCUT2D eigenvalue weighted by molar-refractivity contribution is -0.149. The van der Waals surface area contributed by atoms with E-state index in [2.05, 4.69) is 60.7 Å². The van der Waals surface area contributed by atoms with Gasteiger partial charge in [-0.25, -0.2) is 0 Å². The van der Waals surface area contributed by atoms with E-state index in [1.165, 1.54) is 23.6 Å². The van der Waals surface area contributed by atoms with Crippen molar-refractivity contribution in [1.82, 2.24) is 0 Å². The molecule has 2 nitrogen and oxygen atoms in total. The van der Waals surface area contributed by atoms with E-state index >= 15 is 0 Å². The molecule has 2 fully saturated rings. The zero-order valence-corrected chi connectivity index (χ0v) is 14.4. The Morgan fingerprint density at radius 3 is 2.04 bits per heavy atom. The Morgan fingerprint density at radius 1 is 0.840 bits per heavy atom. The predicted molar refractivity (Wildman–Crippen MR) is 98.4 cm³/mol. The van der Waals surface area contributed by atoms with Gasteiger partial charge in [-0.2, -0.15) is 0 Å². The molecular weight excluding hydrogens is 308 g/mol. The fourth-order valence-corrected chi connectivity index (χ4v) is 5.76. The minimum atomic E-state index is -0.137. The average Bonchev–Trinajstić information content (AvgIpc) is 3.26. The number of hydrogen-bond donors (Lipinski definition) is 0. The maximum atomic E-state index is 11.5. The zero-order chi connectivity index (χ0) is 17.0. The van der Waals surface area contributed by atoms with E-state index < -0.39 is 0 Å². The van der Waals surface area contributed by atoms with Crippen molar-refractivity contribution in [2.24, 2.45) is 23.7 Å². The zero-order valence-electron chi connectivity index (χ0n) is 14.4. The molecule has 2 aromatic rings. The Hall–Kier alpha value is -2.35. The number of ether oxygens (including phenoxy) is 1. The maximum Gasteiger partial charge on any atom is 0.302 e. The molecule has 3 aliphatic carbocycles. The van der Waals surface area contributed by atoms with E-state index in [1.54, 1.807) is 5.57 Å². The molecule has 0 N–H and O–H groups in total. The highest BCUT2D eigenvalue weighted by atomic mass is 16.5. The molecule has 2 saturated carbocycles. The number of hydrogen-bond acceptors (Lipinski definition) is 2. The van der Waals surface area contributed by atoms with Crippen molar-refractivity contribution in [3.63, 3.8) is 0 Å². The molecular formula is C23H22O2. The van der Waals surface area contributed by atoms with Gasteiger partial charge in [0.1, 0.15) is 6.10 Å². The van der Waals surface area contributed by atoms with Crippen LogP contribution in [0.4, 0.5) is 0 Å². The minimum absolute atomic E-state index is 0.111. The summed E-state index contributed by atoms with van der Waals surface area (Å²) < 4.78 is 5.66. The van der Waals surface area contributed by atoms with Crippen LogP contribution in [-0.2, 0) is 9.53 Å². The third-order valence-corrected chi connectivity index (χ3v) is 6.43. The molecule has 0 amide bonds. The Balaban J connectivity index is 1.62. The van der Waals surface area contributed by atoms with Crippen LogP contribution >= 0.6 is 0 Å². The van der Waals surface area contributed by atoms with Gasteiger partial charge in [-0.15, -0.1) is 0 Å².